The van der Waals surface area contributed by atoms with Gasteiger partial charge in [0.25, 0.3) is 0 Å². The van der Waals surface area contributed by atoms with E-state index in [0.717, 1.165) is 51.5 Å². The third-order valence-electron chi connectivity index (χ3n) is 4.89. The Morgan fingerprint density at radius 2 is 1.31 bits per heavy atom. The number of nitrogens with one attached hydrogen (secondary N) is 4. The molecule has 2 atom stereocenters. The Labute approximate surface area is 198 Å². The molecule has 0 aliphatic heterocycles. The van der Waals surface area contributed by atoms with Crippen LogP contribution < -0.4 is 21.3 Å². The van der Waals surface area contributed by atoms with Crippen LogP contribution in [0.3, 0.4) is 0 Å². The topological polar surface area (TPSA) is 99.3 Å². The normalized spacial score (nSPS) is 11.8. The number of ketones is 1. The lowest BCUT2D eigenvalue weighted by Crippen LogP contribution is -2.49. The SMILES string of the molecule is CC.CC.CCCCCC(=O)NCCCCC(NC)C(=O)NC(CCCCNC)C(C)=O. The van der Waals surface area contributed by atoms with Gasteiger partial charge in [-0.1, -0.05) is 47.5 Å². The largest absolute Gasteiger partial charge is 0.356 e. The zero-order chi connectivity index (χ0) is 25.2. The van der Waals surface area contributed by atoms with Crippen LogP contribution in [0, 0.1) is 0 Å². The Morgan fingerprint density at radius 1 is 0.750 bits per heavy atom. The molecule has 0 heterocycles. The van der Waals surface area contributed by atoms with Gasteiger partial charge in [-0.25, -0.2) is 0 Å². The van der Waals surface area contributed by atoms with Crippen LogP contribution in [0.15, 0.2) is 0 Å². The van der Waals surface area contributed by atoms with Crippen LogP contribution in [0.2, 0.25) is 0 Å². The number of carbonyl (C=O) groups excluding carboxylic acids is 3. The van der Waals surface area contributed by atoms with Gasteiger partial charge in [-0.2, -0.15) is 0 Å². The maximum Gasteiger partial charge on any atom is 0.237 e. The van der Waals surface area contributed by atoms with Crippen molar-refractivity contribution in [2.24, 2.45) is 0 Å². The first-order chi connectivity index (χ1) is 15.5. The average molecular weight is 459 g/mol. The predicted molar refractivity (Wildman–Crippen MR) is 137 cm³/mol. The third-order valence-corrected chi connectivity index (χ3v) is 4.89. The third kappa shape index (κ3) is 21.8. The van der Waals surface area contributed by atoms with Gasteiger partial charge >= 0.3 is 0 Å². The Kier molecular flexibility index (Phi) is 30.3. The summed E-state index contributed by atoms with van der Waals surface area (Å²) in [6.07, 6.45) is 8.63. The van der Waals surface area contributed by atoms with Crippen molar-refractivity contribution in [3.63, 3.8) is 0 Å². The molecule has 0 spiro atoms. The Hall–Kier alpha value is -1.47. The van der Waals surface area contributed by atoms with Gasteiger partial charge in [-0.05, 0) is 72.5 Å². The summed E-state index contributed by atoms with van der Waals surface area (Å²) in [5.41, 5.74) is 0. The summed E-state index contributed by atoms with van der Waals surface area (Å²) in [7, 11) is 3.66. The van der Waals surface area contributed by atoms with E-state index >= 15 is 0 Å². The summed E-state index contributed by atoms with van der Waals surface area (Å²) in [4.78, 5) is 36.0. The lowest BCUT2D eigenvalue weighted by Gasteiger charge is -2.21. The van der Waals surface area contributed by atoms with Crippen molar-refractivity contribution in [2.45, 2.75) is 118 Å². The molecule has 0 radical (unpaired) electrons. The summed E-state index contributed by atoms with van der Waals surface area (Å²) in [5, 5.41) is 11.9. The summed E-state index contributed by atoms with van der Waals surface area (Å²) < 4.78 is 0. The van der Waals surface area contributed by atoms with E-state index in [0.29, 0.717) is 25.8 Å². The van der Waals surface area contributed by atoms with E-state index in [4.69, 9.17) is 0 Å². The highest BCUT2D eigenvalue weighted by atomic mass is 16.2. The van der Waals surface area contributed by atoms with Crippen molar-refractivity contribution in [3.8, 4) is 0 Å². The van der Waals surface area contributed by atoms with Crippen molar-refractivity contribution >= 4 is 17.6 Å². The maximum absolute atomic E-state index is 12.5. The van der Waals surface area contributed by atoms with E-state index in [-0.39, 0.29) is 23.6 Å². The summed E-state index contributed by atoms with van der Waals surface area (Å²) in [6, 6.07) is -0.734. The van der Waals surface area contributed by atoms with Gasteiger partial charge < -0.3 is 21.3 Å². The molecular formula is C25H54N4O3. The maximum atomic E-state index is 12.5. The van der Waals surface area contributed by atoms with Crippen LogP contribution in [0.25, 0.3) is 0 Å². The monoisotopic (exact) mass is 458 g/mol. The minimum absolute atomic E-state index is 0.00144. The van der Waals surface area contributed by atoms with Crippen molar-refractivity contribution in [2.75, 3.05) is 27.2 Å². The van der Waals surface area contributed by atoms with E-state index in [9.17, 15) is 14.4 Å². The molecule has 0 aliphatic carbocycles. The van der Waals surface area contributed by atoms with E-state index in [1.54, 1.807) is 7.05 Å². The van der Waals surface area contributed by atoms with Gasteiger partial charge in [-0.15, -0.1) is 0 Å². The second-order valence-corrected chi connectivity index (χ2v) is 7.42. The molecule has 2 unspecified atom stereocenters. The number of likely N-dealkylation sites (N-methyl/N-ethyl adjacent to an activating group) is 1. The standard InChI is InChI=1S/C21H42N4O3.2C2H6/c1-5-6-7-14-20(27)24-16-11-9-13-19(23-4)21(28)25-18(17(2)26)12-8-10-15-22-3;2*1-2/h18-19,22-23H,5-16H2,1-4H3,(H,24,27)(H,25,28);2*1-2H3. The number of unbranched alkanes of at least 4 members (excludes halogenated alkanes) is 4. The number of amides is 2. The smallest absolute Gasteiger partial charge is 0.237 e. The molecule has 7 heteroatoms. The minimum atomic E-state index is -0.414. The Bertz CT molecular complexity index is 445. The molecule has 0 aliphatic rings. The fourth-order valence-electron chi connectivity index (χ4n) is 3.03. The van der Waals surface area contributed by atoms with Crippen LogP contribution in [0.5, 0.6) is 0 Å². The molecule has 7 nitrogen and oxygen atoms in total. The Balaban J connectivity index is -0.00000198. The second kappa shape index (κ2) is 27.6. The molecule has 0 aromatic rings. The van der Waals surface area contributed by atoms with Crippen molar-refractivity contribution in [1.82, 2.24) is 21.3 Å². The van der Waals surface area contributed by atoms with Crippen LogP contribution in [-0.2, 0) is 14.4 Å². The van der Waals surface area contributed by atoms with Crippen LogP contribution in [-0.4, -0.2) is 56.9 Å². The molecule has 4 N–H and O–H groups in total. The highest BCUT2D eigenvalue weighted by Crippen LogP contribution is 2.06. The van der Waals surface area contributed by atoms with Gasteiger partial charge in [0, 0.05) is 13.0 Å². The summed E-state index contributed by atoms with van der Waals surface area (Å²) in [5.74, 6) is -0.0164. The average Bonchev–Trinajstić information content (AvgIpc) is 2.80. The van der Waals surface area contributed by atoms with Gasteiger partial charge in [0.15, 0.2) is 5.78 Å². The number of Topliss-reactive ketones (excluding diaryl/α,β-unsaturated/α-hetero) is 1. The van der Waals surface area contributed by atoms with Gasteiger partial charge in [0.05, 0.1) is 12.1 Å². The highest BCUT2D eigenvalue weighted by molar-refractivity contribution is 5.89. The van der Waals surface area contributed by atoms with Crippen molar-refractivity contribution in [1.29, 1.82) is 0 Å². The summed E-state index contributed by atoms with van der Waals surface area (Å²) in [6.45, 7) is 13.2. The molecule has 0 rings (SSSR count). The first kappa shape index (κ1) is 35.1. The van der Waals surface area contributed by atoms with Gasteiger partial charge in [0.2, 0.25) is 11.8 Å². The molecule has 0 saturated carbocycles. The first-order valence-corrected chi connectivity index (χ1v) is 12.9. The van der Waals surface area contributed by atoms with E-state index in [1.165, 1.54) is 6.92 Å². The number of hydrogen-bond acceptors (Lipinski definition) is 5. The van der Waals surface area contributed by atoms with Crippen molar-refractivity contribution in [3.05, 3.63) is 0 Å². The van der Waals surface area contributed by atoms with Crippen LogP contribution in [0.1, 0.15) is 106 Å². The van der Waals surface area contributed by atoms with E-state index < -0.39 is 6.04 Å². The zero-order valence-corrected chi connectivity index (χ0v) is 22.4. The zero-order valence-electron chi connectivity index (χ0n) is 22.4. The fraction of sp³-hybridized carbons (Fsp3) is 0.880. The Morgan fingerprint density at radius 3 is 1.81 bits per heavy atom. The molecule has 32 heavy (non-hydrogen) atoms. The highest BCUT2D eigenvalue weighted by Gasteiger charge is 2.22. The molecule has 2 amide bonds. The molecule has 0 bridgehead atoms. The molecule has 0 saturated heterocycles. The van der Waals surface area contributed by atoms with E-state index in [2.05, 4.69) is 28.2 Å². The van der Waals surface area contributed by atoms with Crippen molar-refractivity contribution < 1.29 is 14.4 Å². The second-order valence-electron chi connectivity index (χ2n) is 7.42. The first-order valence-electron chi connectivity index (χ1n) is 12.9. The molecular weight excluding hydrogens is 404 g/mol. The number of hydrogen-bond donors (Lipinski definition) is 4. The minimum Gasteiger partial charge on any atom is -0.356 e. The fourth-order valence-corrected chi connectivity index (χ4v) is 3.03. The van der Waals surface area contributed by atoms with Crippen LogP contribution >= 0.6 is 0 Å². The summed E-state index contributed by atoms with van der Waals surface area (Å²) >= 11 is 0. The predicted octanol–water partition coefficient (Wildman–Crippen LogP) is 3.96. The number of carbonyl (C=O) groups is 3. The van der Waals surface area contributed by atoms with Gasteiger partial charge in [0.1, 0.15) is 0 Å². The van der Waals surface area contributed by atoms with E-state index in [1.807, 2.05) is 34.7 Å². The van der Waals surface area contributed by atoms with Crippen LogP contribution in [0.4, 0.5) is 0 Å². The molecule has 0 aromatic heterocycles. The molecule has 0 fully saturated rings. The quantitative estimate of drug-likeness (QED) is 0.233. The number of rotatable bonds is 18. The molecule has 192 valence electrons. The lowest BCUT2D eigenvalue weighted by atomic mass is 10.0. The van der Waals surface area contributed by atoms with Gasteiger partial charge in [-0.3, -0.25) is 14.4 Å². The molecule has 0 aromatic carbocycles. The lowest BCUT2D eigenvalue weighted by molar-refractivity contribution is -0.128.